The van der Waals surface area contributed by atoms with Gasteiger partial charge in [-0.15, -0.1) is 11.3 Å². The highest BCUT2D eigenvalue weighted by Crippen LogP contribution is 2.38. The monoisotopic (exact) mass is 384 g/mol. The average Bonchev–Trinajstić information content (AvgIpc) is 3.08. The molecule has 0 fully saturated rings. The zero-order valence-corrected chi connectivity index (χ0v) is 14.9. The smallest absolute Gasteiger partial charge is 0.262 e. The number of nitrogens with two attached hydrogens (primary N) is 1. The topological polar surface area (TPSA) is 81.4 Å². The number of nitrogens with one attached hydrogen (secondary N) is 1. The van der Waals surface area contributed by atoms with Gasteiger partial charge in [-0.05, 0) is 37.0 Å². The lowest BCUT2D eigenvalue weighted by Crippen LogP contribution is -2.22. The maximum absolute atomic E-state index is 12.1. The van der Waals surface area contributed by atoms with Gasteiger partial charge in [0.05, 0.1) is 10.6 Å². The Bertz CT molecular complexity index is 820. The number of thiophene rings is 1. The molecule has 0 spiro atoms. The molecular formula is C16H14Cl2N2O3S. The first kappa shape index (κ1) is 17.1. The van der Waals surface area contributed by atoms with Crippen LogP contribution in [0.25, 0.3) is 0 Å². The molecule has 1 aromatic heterocycles. The van der Waals surface area contributed by atoms with Crippen LogP contribution in [0.2, 0.25) is 10.0 Å². The molecule has 0 saturated heterocycles. The number of hydrogen-bond donors (Lipinski definition) is 2. The van der Waals surface area contributed by atoms with Crippen molar-refractivity contribution in [2.75, 3.05) is 11.9 Å². The molecule has 3 rings (SSSR count). The second kappa shape index (κ2) is 7.01. The van der Waals surface area contributed by atoms with Crippen molar-refractivity contribution >= 4 is 51.4 Å². The number of ether oxygens (including phenoxy) is 1. The van der Waals surface area contributed by atoms with E-state index in [1.807, 2.05) is 0 Å². The number of rotatable bonds is 5. The Kier molecular flexibility index (Phi) is 4.99. The predicted octanol–water partition coefficient (Wildman–Crippen LogP) is 3.66. The number of primary amides is 1. The summed E-state index contributed by atoms with van der Waals surface area (Å²) in [6.45, 7) is -0.249. The first-order chi connectivity index (χ1) is 11.5. The van der Waals surface area contributed by atoms with Crippen LogP contribution in [0.4, 0.5) is 5.00 Å². The number of benzene rings is 1. The summed E-state index contributed by atoms with van der Waals surface area (Å²) in [5.41, 5.74) is 6.84. The molecular weight excluding hydrogens is 371 g/mol. The van der Waals surface area contributed by atoms with E-state index >= 15 is 0 Å². The molecule has 1 aromatic carbocycles. The highest BCUT2D eigenvalue weighted by atomic mass is 35.5. The van der Waals surface area contributed by atoms with Crippen molar-refractivity contribution in [2.45, 2.75) is 19.3 Å². The van der Waals surface area contributed by atoms with Gasteiger partial charge in [0.1, 0.15) is 15.8 Å². The molecule has 0 bridgehead atoms. The minimum absolute atomic E-state index is 0.249. The van der Waals surface area contributed by atoms with Crippen molar-refractivity contribution in [2.24, 2.45) is 5.73 Å². The van der Waals surface area contributed by atoms with Crippen LogP contribution in [0, 0.1) is 0 Å². The summed E-state index contributed by atoms with van der Waals surface area (Å²) in [6.07, 6.45) is 2.73. The molecule has 0 unspecified atom stereocenters. The Balaban J connectivity index is 1.70. The van der Waals surface area contributed by atoms with Crippen LogP contribution in [0.5, 0.6) is 5.75 Å². The van der Waals surface area contributed by atoms with E-state index in [9.17, 15) is 9.59 Å². The normalized spacial score (nSPS) is 12.8. The summed E-state index contributed by atoms with van der Waals surface area (Å²) in [7, 11) is 0. The molecule has 1 aliphatic rings. The quantitative estimate of drug-likeness (QED) is 0.824. The molecule has 0 radical (unpaired) electrons. The summed E-state index contributed by atoms with van der Waals surface area (Å²) in [5, 5.41) is 3.78. The highest BCUT2D eigenvalue weighted by molar-refractivity contribution is 7.17. The second-order valence-corrected chi connectivity index (χ2v) is 7.20. The Morgan fingerprint density at radius 2 is 2.08 bits per heavy atom. The van der Waals surface area contributed by atoms with Crippen molar-refractivity contribution < 1.29 is 14.3 Å². The van der Waals surface area contributed by atoms with E-state index in [4.69, 9.17) is 33.7 Å². The third-order valence-corrected chi connectivity index (χ3v) is 5.70. The van der Waals surface area contributed by atoms with E-state index in [0.717, 1.165) is 29.7 Å². The predicted molar refractivity (Wildman–Crippen MR) is 95.4 cm³/mol. The molecule has 3 N–H and O–H groups in total. The number of halogens is 2. The van der Waals surface area contributed by atoms with Gasteiger partial charge < -0.3 is 15.8 Å². The number of carbonyl (C=O) groups is 2. The van der Waals surface area contributed by atoms with Gasteiger partial charge in [0.25, 0.3) is 11.8 Å². The first-order valence-corrected chi connectivity index (χ1v) is 8.85. The van der Waals surface area contributed by atoms with E-state index in [1.165, 1.54) is 11.3 Å². The van der Waals surface area contributed by atoms with Crippen molar-refractivity contribution in [1.29, 1.82) is 0 Å². The van der Waals surface area contributed by atoms with Crippen molar-refractivity contribution in [3.63, 3.8) is 0 Å². The van der Waals surface area contributed by atoms with Crippen LogP contribution in [0.3, 0.4) is 0 Å². The molecule has 126 valence electrons. The van der Waals surface area contributed by atoms with Gasteiger partial charge in [0.2, 0.25) is 0 Å². The highest BCUT2D eigenvalue weighted by Gasteiger charge is 2.26. The lowest BCUT2D eigenvalue weighted by molar-refractivity contribution is -0.118. The summed E-state index contributed by atoms with van der Waals surface area (Å²) >= 11 is 13.3. The third kappa shape index (κ3) is 3.36. The Labute approximate surface area is 152 Å². The third-order valence-electron chi connectivity index (χ3n) is 3.70. The van der Waals surface area contributed by atoms with E-state index in [-0.39, 0.29) is 11.6 Å². The van der Waals surface area contributed by atoms with Crippen LogP contribution in [-0.4, -0.2) is 18.4 Å². The van der Waals surface area contributed by atoms with Crippen LogP contribution in [0.1, 0.15) is 27.2 Å². The minimum atomic E-state index is -0.525. The van der Waals surface area contributed by atoms with Gasteiger partial charge in [0, 0.05) is 4.88 Å². The van der Waals surface area contributed by atoms with Gasteiger partial charge in [0.15, 0.2) is 6.61 Å². The van der Waals surface area contributed by atoms with Gasteiger partial charge >= 0.3 is 0 Å². The van der Waals surface area contributed by atoms with E-state index < -0.39 is 11.8 Å². The lowest BCUT2D eigenvalue weighted by Gasteiger charge is -2.09. The number of anilines is 1. The largest absolute Gasteiger partial charge is 0.482 e. The van der Waals surface area contributed by atoms with Crippen molar-refractivity contribution in [1.82, 2.24) is 0 Å². The SMILES string of the molecule is NC(=O)c1c(NC(=O)COc2cccc(Cl)c2Cl)sc2c1CCC2. The maximum atomic E-state index is 12.1. The standard InChI is InChI=1S/C16H14Cl2N2O3S/c17-9-4-2-5-10(14(9)18)23-7-12(21)20-16-13(15(19)22)8-3-1-6-11(8)24-16/h2,4-5H,1,3,6-7H2,(H2,19,22)(H,20,21). The van der Waals surface area contributed by atoms with Crippen LogP contribution < -0.4 is 15.8 Å². The number of amides is 2. The van der Waals surface area contributed by atoms with Crippen LogP contribution in [-0.2, 0) is 17.6 Å². The minimum Gasteiger partial charge on any atom is -0.482 e. The molecule has 1 aliphatic carbocycles. The summed E-state index contributed by atoms with van der Waals surface area (Å²) in [4.78, 5) is 24.9. The van der Waals surface area contributed by atoms with Crippen LogP contribution in [0.15, 0.2) is 18.2 Å². The second-order valence-electron chi connectivity index (χ2n) is 5.31. The zero-order valence-electron chi connectivity index (χ0n) is 12.5. The van der Waals surface area contributed by atoms with Gasteiger partial charge in [-0.25, -0.2) is 0 Å². The fraction of sp³-hybridized carbons (Fsp3) is 0.250. The van der Waals surface area contributed by atoms with Gasteiger partial charge in [-0.1, -0.05) is 29.3 Å². The summed E-state index contributed by atoms with van der Waals surface area (Å²) in [5.74, 6) is -0.597. The summed E-state index contributed by atoms with van der Waals surface area (Å²) in [6, 6.07) is 4.93. The van der Waals surface area contributed by atoms with E-state index in [0.29, 0.717) is 21.3 Å². The number of fused-ring (bicyclic) bond motifs is 1. The van der Waals surface area contributed by atoms with E-state index in [1.54, 1.807) is 18.2 Å². The van der Waals surface area contributed by atoms with Crippen molar-refractivity contribution in [3.05, 3.63) is 44.2 Å². The average molecular weight is 385 g/mol. The zero-order chi connectivity index (χ0) is 17.3. The molecule has 0 aliphatic heterocycles. The molecule has 8 heteroatoms. The van der Waals surface area contributed by atoms with Crippen LogP contribution >= 0.6 is 34.5 Å². The van der Waals surface area contributed by atoms with Crippen molar-refractivity contribution in [3.8, 4) is 5.75 Å². The molecule has 0 saturated carbocycles. The lowest BCUT2D eigenvalue weighted by atomic mass is 10.1. The Hall–Kier alpha value is -1.76. The van der Waals surface area contributed by atoms with E-state index in [2.05, 4.69) is 5.32 Å². The molecule has 2 aromatic rings. The molecule has 24 heavy (non-hydrogen) atoms. The fourth-order valence-corrected chi connectivity index (χ4v) is 4.31. The van der Waals surface area contributed by atoms with Gasteiger partial charge in [-0.2, -0.15) is 0 Å². The molecule has 1 heterocycles. The molecule has 0 atom stereocenters. The Morgan fingerprint density at radius 1 is 1.29 bits per heavy atom. The number of carbonyl (C=O) groups excluding carboxylic acids is 2. The first-order valence-electron chi connectivity index (χ1n) is 7.28. The van der Waals surface area contributed by atoms with Gasteiger partial charge in [-0.3, -0.25) is 9.59 Å². The maximum Gasteiger partial charge on any atom is 0.262 e. The number of aryl methyl sites for hydroxylation is 1. The molecule has 5 nitrogen and oxygen atoms in total. The number of hydrogen-bond acceptors (Lipinski definition) is 4. The fourth-order valence-electron chi connectivity index (χ4n) is 2.65. The molecule has 2 amide bonds. The summed E-state index contributed by atoms with van der Waals surface area (Å²) < 4.78 is 5.39. The Morgan fingerprint density at radius 3 is 2.83 bits per heavy atom.